The van der Waals surface area contributed by atoms with Gasteiger partial charge in [0, 0.05) is 24.8 Å². The van der Waals surface area contributed by atoms with E-state index in [4.69, 9.17) is 0 Å². The molecule has 1 amide bonds. The molecule has 1 aromatic heterocycles. The van der Waals surface area contributed by atoms with Gasteiger partial charge >= 0.3 is 12.1 Å². The number of carbonyl (C=O) groups excluding carboxylic acids is 1. The van der Waals surface area contributed by atoms with Crippen LogP contribution in [-0.4, -0.2) is 21.9 Å². The molecule has 1 N–H and O–H groups in total. The molecule has 0 saturated carbocycles. The van der Waals surface area contributed by atoms with E-state index in [0.717, 1.165) is 5.69 Å². The van der Waals surface area contributed by atoms with Crippen LogP contribution in [0.25, 0.3) is 0 Å². The van der Waals surface area contributed by atoms with E-state index in [2.05, 4.69) is 5.10 Å². The number of nitrogens with one attached hydrogen (secondary N) is 1. The van der Waals surface area contributed by atoms with Crippen molar-refractivity contribution in [3.8, 4) is 0 Å². The third kappa shape index (κ3) is 2.71. The van der Waals surface area contributed by atoms with Gasteiger partial charge in [0.15, 0.2) is 0 Å². The van der Waals surface area contributed by atoms with E-state index in [-0.39, 0.29) is 6.54 Å². The fraction of sp³-hybridized carbons (Fsp3) is 0.500. The molecule has 15 heavy (non-hydrogen) atoms. The van der Waals surface area contributed by atoms with Gasteiger partial charge in [0.25, 0.3) is 0 Å². The first-order chi connectivity index (χ1) is 6.82. The summed E-state index contributed by atoms with van der Waals surface area (Å²) in [5, 5.41) is 5.62. The highest BCUT2D eigenvalue weighted by Gasteiger charge is 2.38. The van der Waals surface area contributed by atoms with Crippen molar-refractivity contribution in [1.29, 1.82) is 0 Å². The number of halogens is 3. The summed E-state index contributed by atoms with van der Waals surface area (Å²) in [4.78, 5) is 10.5. The second-order valence-corrected chi connectivity index (χ2v) is 3.06. The molecule has 0 bridgehead atoms. The number of hydrogen-bond acceptors (Lipinski definition) is 2. The first-order valence-corrected chi connectivity index (χ1v) is 4.15. The van der Waals surface area contributed by atoms with Gasteiger partial charge in [0.2, 0.25) is 0 Å². The Morgan fingerprint density at radius 2 is 2.20 bits per heavy atom. The van der Waals surface area contributed by atoms with Crippen molar-refractivity contribution >= 4 is 5.91 Å². The molecule has 84 valence electrons. The SMILES string of the molecule is Cc1c(CNC(=O)C(F)(F)F)cnn1C. The van der Waals surface area contributed by atoms with Gasteiger partial charge in [-0.25, -0.2) is 0 Å². The predicted octanol–water partition coefficient (Wildman–Crippen LogP) is 0.907. The molecule has 1 rings (SSSR count). The molecular formula is C8H10F3N3O. The smallest absolute Gasteiger partial charge is 0.344 e. The van der Waals surface area contributed by atoms with Crippen molar-refractivity contribution < 1.29 is 18.0 Å². The summed E-state index contributed by atoms with van der Waals surface area (Å²) in [6.45, 7) is 1.54. The fourth-order valence-electron chi connectivity index (χ4n) is 0.993. The molecule has 0 aliphatic heterocycles. The molecule has 0 saturated heterocycles. The summed E-state index contributed by atoms with van der Waals surface area (Å²) in [7, 11) is 1.67. The van der Waals surface area contributed by atoms with Gasteiger partial charge in [-0.15, -0.1) is 0 Å². The maximum absolute atomic E-state index is 11.8. The average Bonchev–Trinajstić information content (AvgIpc) is 2.43. The highest BCUT2D eigenvalue weighted by molar-refractivity contribution is 5.81. The quantitative estimate of drug-likeness (QED) is 0.806. The van der Waals surface area contributed by atoms with Crippen LogP contribution in [0.1, 0.15) is 11.3 Å². The molecule has 0 aromatic carbocycles. The minimum absolute atomic E-state index is 0.169. The lowest BCUT2D eigenvalue weighted by Gasteiger charge is -2.07. The van der Waals surface area contributed by atoms with Crippen molar-refractivity contribution in [2.75, 3.05) is 0 Å². The minimum Gasteiger partial charge on any atom is -0.344 e. The van der Waals surface area contributed by atoms with E-state index >= 15 is 0 Å². The van der Waals surface area contributed by atoms with Crippen LogP contribution < -0.4 is 5.32 Å². The standard InChI is InChI=1S/C8H10F3N3O/c1-5-6(4-13-14(5)2)3-12-7(15)8(9,10)11/h4H,3H2,1-2H3,(H,12,15). The lowest BCUT2D eigenvalue weighted by molar-refractivity contribution is -0.173. The van der Waals surface area contributed by atoms with E-state index in [1.54, 1.807) is 19.3 Å². The van der Waals surface area contributed by atoms with Crippen LogP contribution in [0, 0.1) is 6.92 Å². The highest BCUT2D eigenvalue weighted by atomic mass is 19.4. The molecule has 0 fully saturated rings. The lowest BCUT2D eigenvalue weighted by atomic mass is 10.2. The third-order valence-corrected chi connectivity index (χ3v) is 2.03. The summed E-state index contributed by atoms with van der Waals surface area (Å²) in [5.74, 6) is -1.94. The number of alkyl halides is 3. The Morgan fingerprint density at radius 1 is 1.60 bits per heavy atom. The van der Waals surface area contributed by atoms with Crippen molar-refractivity contribution in [1.82, 2.24) is 15.1 Å². The zero-order chi connectivity index (χ0) is 11.6. The molecule has 0 spiro atoms. The zero-order valence-corrected chi connectivity index (χ0v) is 8.22. The Hall–Kier alpha value is -1.53. The van der Waals surface area contributed by atoms with E-state index in [9.17, 15) is 18.0 Å². The molecule has 0 atom stereocenters. The summed E-state index contributed by atoms with van der Waals surface area (Å²) in [6.07, 6.45) is -3.41. The van der Waals surface area contributed by atoms with Crippen LogP contribution >= 0.6 is 0 Å². The Morgan fingerprint density at radius 3 is 2.60 bits per heavy atom. The average molecular weight is 221 g/mol. The summed E-state index contributed by atoms with van der Waals surface area (Å²) >= 11 is 0. The Bertz CT molecular complexity index is 370. The number of hydrogen-bond donors (Lipinski definition) is 1. The normalized spacial score (nSPS) is 11.5. The number of aromatic nitrogens is 2. The molecule has 1 heterocycles. The molecule has 0 aliphatic rings. The number of nitrogens with zero attached hydrogens (tertiary/aromatic N) is 2. The van der Waals surface area contributed by atoms with Gasteiger partial charge in [0.1, 0.15) is 0 Å². The number of carbonyl (C=O) groups is 1. The minimum atomic E-state index is -4.84. The maximum atomic E-state index is 11.8. The first-order valence-electron chi connectivity index (χ1n) is 4.15. The van der Waals surface area contributed by atoms with Gasteiger partial charge in [-0.05, 0) is 6.92 Å². The van der Waals surface area contributed by atoms with Crippen molar-refractivity contribution in [2.24, 2.45) is 7.05 Å². The Labute approximate surface area is 84.1 Å². The fourth-order valence-corrected chi connectivity index (χ4v) is 0.993. The number of amides is 1. The Kier molecular flexibility index (Phi) is 3.01. The molecule has 0 aliphatic carbocycles. The summed E-state index contributed by atoms with van der Waals surface area (Å²) in [6, 6.07) is 0. The molecule has 0 unspecified atom stereocenters. The topological polar surface area (TPSA) is 46.9 Å². The summed E-state index contributed by atoms with van der Waals surface area (Å²) in [5.41, 5.74) is 1.28. The molecular weight excluding hydrogens is 211 g/mol. The van der Waals surface area contributed by atoms with Gasteiger partial charge in [-0.3, -0.25) is 9.48 Å². The van der Waals surface area contributed by atoms with Crippen molar-refractivity contribution in [3.63, 3.8) is 0 Å². The van der Waals surface area contributed by atoms with Gasteiger partial charge in [-0.2, -0.15) is 18.3 Å². The lowest BCUT2D eigenvalue weighted by Crippen LogP contribution is -2.36. The van der Waals surface area contributed by atoms with Crippen molar-refractivity contribution in [2.45, 2.75) is 19.6 Å². The number of aryl methyl sites for hydroxylation is 1. The Balaban J connectivity index is 2.59. The van der Waals surface area contributed by atoms with E-state index in [0.29, 0.717) is 5.56 Å². The van der Waals surface area contributed by atoms with Crippen molar-refractivity contribution in [3.05, 3.63) is 17.5 Å². The van der Waals surface area contributed by atoms with Gasteiger partial charge < -0.3 is 5.32 Å². The van der Waals surface area contributed by atoms with Crippen LogP contribution in [0.4, 0.5) is 13.2 Å². The second kappa shape index (κ2) is 3.92. The van der Waals surface area contributed by atoms with Gasteiger partial charge in [-0.1, -0.05) is 0 Å². The first kappa shape index (κ1) is 11.5. The molecule has 4 nitrogen and oxygen atoms in total. The van der Waals surface area contributed by atoms with E-state index in [1.807, 2.05) is 0 Å². The zero-order valence-electron chi connectivity index (χ0n) is 8.22. The number of rotatable bonds is 2. The maximum Gasteiger partial charge on any atom is 0.471 e. The van der Waals surface area contributed by atoms with Crippen LogP contribution in [0.5, 0.6) is 0 Å². The molecule has 0 radical (unpaired) electrons. The summed E-state index contributed by atoms with van der Waals surface area (Å²) < 4.78 is 37.0. The van der Waals surface area contributed by atoms with Crippen LogP contribution in [0.2, 0.25) is 0 Å². The monoisotopic (exact) mass is 221 g/mol. The van der Waals surface area contributed by atoms with Gasteiger partial charge in [0.05, 0.1) is 6.20 Å². The largest absolute Gasteiger partial charge is 0.471 e. The van der Waals surface area contributed by atoms with E-state index < -0.39 is 12.1 Å². The third-order valence-electron chi connectivity index (χ3n) is 2.03. The van der Waals surface area contributed by atoms with Crippen LogP contribution in [-0.2, 0) is 18.4 Å². The molecule has 1 aromatic rings. The second-order valence-electron chi connectivity index (χ2n) is 3.06. The van der Waals surface area contributed by atoms with E-state index in [1.165, 1.54) is 10.9 Å². The van der Waals surface area contributed by atoms with Crippen LogP contribution in [0.3, 0.4) is 0 Å². The predicted molar refractivity (Wildman–Crippen MR) is 45.8 cm³/mol. The highest BCUT2D eigenvalue weighted by Crippen LogP contribution is 2.14. The van der Waals surface area contributed by atoms with Crippen LogP contribution in [0.15, 0.2) is 6.20 Å². The molecule has 7 heteroatoms.